The first-order valence-electron chi connectivity index (χ1n) is 5.76. The van der Waals surface area contributed by atoms with E-state index >= 15 is 0 Å². The molecule has 0 radical (unpaired) electrons. The Balaban J connectivity index is 2.43. The minimum atomic E-state index is -0.966. The van der Waals surface area contributed by atoms with Crippen LogP contribution in [0.4, 0.5) is 0 Å². The predicted octanol–water partition coefficient (Wildman–Crippen LogP) is 0.782. The number of ether oxygens (including phenoxy) is 1. The van der Waals surface area contributed by atoms with Crippen LogP contribution in [0.1, 0.15) is 32.6 Å². The second-order valence-electron chi connectivity index (χ2n) is 4.10. The molecule has 92 valence electrons. The van der Waals surface area contributed by atoms with E-state index in [-0.39, 0.29) is 11.8 Å². The van der Waals surface area contributed by atoms with Crippen molar-refractivity contribution < 1.29 is 19.4 Å². The van der Waals surface area contributed by atoms with Gasteiger partial charge in [-0.25, -0.2) is 4.79 Å². The molecule has 1 fully saturated rings. The van der Waals surface area contributed by atoms with Gasteiger partial charge in [-0.1, -0.05) is 13.3 Å². The summed E-state index contributed by atoms with van der Waals surface area (Å²) in [5, 5.41) is 11.5. The summed E-state index contributed by atoms with van der Waals surface area (Å²) in [7, 11) is 0. The largest absolute Gasteiger partial charge is 0.480 e. The highest BCUT2D eigenvalue weighted by atomic mass is 16.5. The van der Waals surface area contributed by atoms with E-state index in [1.54, 1.807) is 0 Å². The molecule has 1 aliphatic rings. The minimum absolute atomic E-state index is 0.188. The number of aliphatic carboxylic acids is 1. The number of amides is 1. The van der Waals surface area contributed by atoms with Crippen molar-refractivity contribution in [2.24, 2.45) is 5.92 Å². The van der Waals surface area contributed by atoms with Gasteiger partial charge in [0, 0.05) is 6.61 Å². The molecule has 0 aromatic carbocycles. The lowest BCUT2D eigenvalue weighted by atomic mass is 10.0. The van der Waals surface area contributed by atoms with Crippen LogP contribution in [0.2, 0.25) is 0 Å². The quantitative estimate of drug-likeness (QED) is 0.730. The van der Waals surface area contributed by atoms with Crippen LogP contribution in [0.15, 0.2) is 0 Å². The first-order chi connectivity index (χ1) is 7.65. The van der Waals surface area contributed by atoms with Gasteiger partial charge in [-0.3, -0.25) is 4.79 Å². The molecule has 1 rings (SSSR count). The molecule has 5 heteroatoms. The molecular weight excluding hydrogens is 210 g/mol. The number of hydrogen-bond acceptors (Lipinski definition) is 3. The average molecular weight is 229 g/mol. The fraction of sp³-hybridized carbons (Fsp3) is 0.818. The molecule has 0 aromatic heterocycles. The highest BCUT2D eigenvalue weighted by Gasteiger charge is 2.26. The Morgan fingerprint density at radius 1 is 1.56 bits per heavy atom. The maximum atomic E-state index is 11.7. The molecule has 1 aliphatic heterocycles. The van der Waals surface area contributed by atoms with E-state index in [2.05, 4.69) is 5.32 Å². The number of rotatable bonds is 5. The van der Waals surface area contributed by atoms with Crippen LogP contribution in [0.25, 0.3) is 0 Å². The van der Waals surface area contributed by atoms with Gasteiger partial charge in [-0.2, -0.15) is 0 Å². The van der Waals surface area contributed by atoms with Crippen molar-refractivity contribution in [2.45, 2.75) is 38.6 Å². The summed E-state index contributed by atoms with van der Waals surface area (Å²) in [5.74, 6) is -1.35. The van der Waals surface area contributed by atoms with Crippen LogP contribution in [-0.2, 0) is 14.3 Å². The third-order valence-electron chi connectivity index (χ3n) is 2.72. The Bertz CT molecular complexity index is 248. The molecule has 2 N–H and O–H groups in total. The normalized spacial score (nSPS) is 22.4. The number of carbonyl (C=O) groups excluding carboxylic acids is 1. The van der Waals surface area contributed by atoms with Gasteiger partial charge in [0.2, 0.25) is 5.91 Å². The summed E-state index contributed by atoms with van der Waals surface area (Å²) < 4.78 is 5.20. The minimum Gasteiger partial charge on any atom is -0.480 e. The SMILES string of the molecule is CCCC(NC(=O)C1CCCOC1)C(=O)O. The highest BCUT2D eigenvalue weighted by Crippen LogP contribution is 2.14. The van der Waals surface area contributed by atoms with Gasteiger partial charge in [-0.05, 0) is 19.3 Å². The zero-order valence-electron chi connectivity index (χ0n) is 9.57. The van der Waals surface area contributed by atoms with Gasteiger partial charge >= 0.3 is 5.97 Å². The van der Waals surface area contributed by atoms with Gasteiger partial charge < -0.3 is 15.2 Å². The molecule has 1 saturated heterocycles. The van der Waals surface area contributed by atoms with E-state index < -0.39 is 12.0 Å². The van der Waals surface area contributed by atoms with Crippen molar-refractivity contribution in [3.63, 3.8) is 0 Å². The number of carboxylic acid groups (broad SMARTS) is 1. The Morgan fingerprint density at radius 3 is 2.81 bits per heavy atom. The van der Waals surface area contributed by atoms with Crippen molar-refractivity contribution in [3.8, 4) is 0 Å². The molecule has 0 spiro atoms. The summed E-state index contributed by atoms with van der Waals surface area (Å²) in [6.45, 7) is 3.00. The van der Waals surface area contributed by atoms with Crippen molar-refractivity contribution in [1.29, 1.82) is 0 Å². The van der Waals surface area contributed by atoms with Gasteiger partial charge in [-0.15, -0.1) is 0 Å². The lowest BCUT2D eigenvalue weighted by Gasteiger charge is -2.23. The third kappa shape index (κ3) is 3.81. The van der Waals surface area contributed by atoms with Gasteiger partial charge in [0.15, 0.2) is 0 Å². The fourth-order valence-corrected chi connectivity index (χ4v) is 1.78. The number of hydrogen-bond donors (Lipinski definition) is 2. The third-order valence-corrected chi connectivity index (χ3v) is 2.72. The summed E-state index contributed by atoms with van der Waals surface area (Å²) in [6, 6.07) is -0.764. The van der Waals surface area contributed by atoms with Crippen LogP contribution in [0, 0.1) is 5.92 Å². The Morgan fingerprint density at radius 2 is 2.31 bits per heavy atom. The van der Waals surface area contributed by atoms with Crippen molar-refractivity contribution in [2.75, 3.05) is 13.2 Å². The van der Waals surface area contributed by atoms with Gasteiger partial charge in [0.25, 0.3) is 0 Å². The van der Waals surface area contributed by atoms with E-state index in [4.69, 9.17) is 9.84 Å². The Labute approximate surface area is 95.2 Å². The van der Waals surface area contributed by atoms with Gasteiger partial charge in [0.05, 0.1) is 12.5 Å². The van der Waals surface area contributed by atoms with E-state index in [0.717, 1.165) is 19.3 Å². The Hall–Kier alpha value is -1.10. The second kappa shape index (κ2) is 6.48. The molecule has 0 aromatic rings. The van der Waals surface area contributed by atoms with Crippen LogP contribution < -0.4 is 5.32 Å². The maximum Gasteiger partial charge on any atom is 0.326 e. The van der Waals surface area contributed by atoms with E-state index in [1.165, 1.54) is 0 Å². The summed E-state index contributed by atoms with van der Waals surface area (Å²) >= 11 is 0. The van der Waals surface area contributed by atoms with E-state index in [0.29, 0.717) is 19.6 Å². The number of carboxylic acids is 1. The van der Waals surface area contributed by atoms with Crippen molar-refractivity contribution in [3.05, 3.63) is 0 Å². The van der Waals surface area contributed by atoms with Gasteiger partial charge in [0.1, 0.15) is 6.04 Å². The Kier molecular flexibility index (Phi) is 5.25. The molecule has 0 bridgehead atoms. The molecule has 2 atom stereocenters. The van der Waals surface area contributed by atoms with Crippen LogP contribution in [0.5, 0.6) is 0 Å². The smallest absolute Gasteiger partial charge is 0.326 e. The average Bonchev–Trinajstić information content (AvgIpc) is 2.29. The maximum absolute atomic E-state index is 11.7. The molecule has 16 heavy (non-hydrogen) atoms. The lowest BCUT2D eigenvalue weighted by Crippen LogP contribution is -2.45. The molecule has 1 amide bonds. The monoisotopic (exact) mass is 229 g/mol. The molecule has 0 aliphatic carbocycles. The topological polar surface area (TPSA) is 75.6 Å². The predicted molar refractivity (Wildman–Crippen MR) is 58.0 cm³/mol. The standard InChI is InChI=1S/C11H19NO4/c1-2-4-9(11(14)15)12-10(13)8-5-3-6-16-7-8/h8-9H,2-7H2,1H3,(H,12,13)(H,14,15). The zero-order chi connectivity index (χ0) is 12.0. The fourth-order valence-electron chi connectivity index (χ4n) is 1.78. The number of carbonyl (C=O) groups is 2. The summed E-state index contributed by atoms with van der Waals surface area (Å²) in [6.07, 6.45) is 2.85. The van der Waals surface area contributed by atoms with Crippen molar-refractivity contribution in [1.82, 2.24) is 5.32 Å². The first-order valence-corrected chi connectivity index (χ1v) is 5.76. The van der Waals surface area contributed by atoms with Crippen LogP contribution in [0.3, 0.4) is 0 Å². The van der Waals surface area contributed by atoms with Crippen LogP contribution in [-0.4, -0.2) is 36.2 Å². The summed E-state index contributed by atoms with van der Waals surface area (Å²) in [5.41, 5.74) is 0. The summed E-state index contributed by atoms with van der Waals surface area (Å²) in [4.78, 5) is 22.6. The first kappa shape index (κ1) is 13.0. The van der Waals surface area contributed by atoms with E-state index in [1.807, 2.05) is 6.92 Å². The molecule has 2 unspecified atom stereocenters. The molecule has 5 nitrogen and oxygen atoms in total. The number of nitrogens with one attached hydrogen (secondary N) is 1. The van der Waals surface area contributed by atoms with Crippen LogP contribution >= 0.6 is 0 Å². The lowest BCUT2D eigenvalue weighted by molar-refractivity contribution is -0.143. The molecule has 0 saturated carbocycles. The van der Waals surface area contributed by atoms with Crippen molar-refractivity contribution >= 4 is 11.9 Å². The zero-order valence-corrected chi connectivity index (χ0v) is 9.57. The molecular formula is C11H19NO4. The van der Waals surface area contributed by atoms with E-state index in [9.17, 15) is 9.59 Å². The molecule has 1 heterocycles. The highest BCUT2D eigenvalue weighted by molar-refractivity contribution is 5.85. The second-order valence-corrected chi connectivity index (χ2v) is 4.10.